The van der Waals surface area contributed by atoms with Crippen molar-refractivity contribution in [3.8, 4) is 0 Å². The van der Waals surface area contributed by atoms with Crippen molar-refractivity contribution < 1.29 is 9.53 Å². The van der Waals surface area contributed by atoms with Gasteiger partial charge in [-0.25, -0.2) is 0 Å². The zero-order valence-corrected chi connectivity index (χ0v) is 11.0. The molecule has 0 aromatic rings. The third-order valence-electron chi connectivity index (χ3n) is 5.28. The van der Waals surface area contributed by atoms with Crippen molar-refractivity contribution in [1.29, 1.82) is 0 Å². The maximum atomic E-state index is 11.6. The molecule has 0 N–H and O–H groups in total. The van der Waals surface area contributed by atoms with Crippen molar-refractivity contribution in [2.75, 3.05) is 0 Å². The van der Waals surface area contributed by atoms with Crippen LogP contribution < -0.4 is 0 Å². The molecule has 0 spiro atoms. The molecule has 0 bridgehead atoms. The van der Waals surface area contributed by atoms with Gasteiger partial charge in [-0.05, 0) is 30.6 Å². The highest BCUT2D eigenvalue weighted by Gasteiger charge is 2.49. The Morgan fingerprint density at radius 2 is 2.25 bits per heavy atom. The molecule has 0 aromatic heterocycles. The Labute approximate surface area is 98.7 Å². The molecule has 1 aliphatic carbocycles. The second-order valence-electron chi connectivity index (χ2n) is 6.13. The number of ether oxygens (including phenoxy) is 1. The SMILES string of the molecule is CCC(C)C1(C)CCC2C(C1)OC(=O)C2C. The third-order valence-corrected chi connectivity index (χ3v) is 5.28. The molecule has 1 saturated carbocycles. The Morgan fingerprint density at radius 1 is 1.56 bits per heavy atom. The van der Waals surface area contributed by atoms with Gasteiger partial charge in [0.2, 0.25) is 0 Å². The molecule has 1 saturated heterocycles. The highest BCUT2D eigenvalue weighted by molar-refractivity contribution is 5.74. The van der Waals surface area contributed by atoms with E-state index in [9.17, 15) is 4.79 Å². The Kier molecular flexibility index (Phi) is 3.02. The fraction of sp³-hybridized carbons (Fsp3) is 0.929. The molecule has 1 aliphatic heterocycles. The smallest absolute Gasteiger partial charge is 0.309 e. The van der Waals surface area contributed by atoms with Gasteiger partial charge < -0.3 is 4.74 Å². The molecular formula is C14H24O2. The second kappa shape index (κ2) is 4.05. The molecule has 2 nitrogen and oxygen atoms in total. The van der Waals surface area contributed by atoms with Crippen LogP contribution in [0.4, 0.5) is 0 Å². The van der Waals surface area contributed by atoms with Crippen LogP contribution in [0.15, 0.2) is 0 Å². The van der Waals surface area contributed by atoms with Gasteiger partial charge in [-0.15, -0.1) is 0 Å². The Balaban J connectivity index is 2.09. The van der Waals surface area contributed by atoms with Crippen LogP contribution in [0.2, 0.25) is 0 Å². The number of rotatable bonds is 2. The highest BCUT2D eigenvalue weighted by atomic mass is 16.6. The van der Waals surface area contributed by atoms with E-state index in [0.717, 1.165) is 12.3 Å². The van der Waals surface area contributed by atoms with E-state index >= 15 is 0 Å². The minimum absolute atomic E-state index is 0.0309. The number of fused-ring (bicyclic) bond motifs is 1. The lowest BCUT2D eigenvalue weighted by Crippen LogP contribution is -2.38. The van der Waals surface area contributed by atoms with E-state index in [1.54, 1.807) is 0 Å². The van der Waals surface area contributed by atoms with E-state index in [4.69, 9.17) is 4.74 Å². The second-order valence-corrected chi connectivity index (χ2v) is 6.13. The first-order valence-corrected chi connectivity index (χ1v) is 6.68. The van der Waals surface area contributed by atoms with Gasteiger partial charge in [-0.3, -0.25) is 4.79 Å². The van der Waals surface area contributed by atoms with Crippen LogP contribution in [0, 0.1) is 23.2 Å². The fourth-order valence-electron chi connectivity index (χ4n) is 3.47. The average Bonchev–Trinajstić information content (AvgIpc) is 2.53. The van der Waals surface area contributed by atoms with Crippen molar-refractivity contribution in [2.45, 2.75) is 59.5 Å². The van der Waals surface area contributed by atoms with Crippen molar-refractivity contribution in [2.24, 2.45) is 23.2 Å². The highest BCUT2D eigenvalue weighted by Crippen LogP contribution is 2.50. The molecule has 5 atom stereocenters. The van der Waals surface area contributed by atoms with E-state index in [2.05, 4.69) is 20.8 Å². The van der Waals surface area contributed by atoms with E-state index in [0.29, 0.717) is 11.3 Å². The summed E-state index contributed by atoms with van der Waals surface area (Å²) in [4.78, 5) is 11.6. The van der Waals surface area contributed by atoms with Crippen molar-refractivity contribution in [1.82, 2.24) is 0 Å². The third kappa shape index (κ3) is 1.76. The first kappa shape index (κ1) is 11.9. The van der Waals surface area contributed by atoms with Gasteiger partial charge >= 0.3 is 5.97 Å². The zero-order chi connectivity index (χ0) is 11.9. The lowest BCUT2D eigenvalue weighted by Gasteiger charge is -2.43. The number of carbonyl (C=O) groups excluding carboxylic acids is 1. The van der Waals surface area contributed by atoms with E-state index in [-0.39, 0.29) is 18.0 Å². The Bertz CT molecular complexity index is 286. The van der Waals surface area contributed by atoms with Crippen LogP contribution in [0.5, 0.6) is 0 Å². The summed E-state index contributed by atoms with van der Waals surface area (Å²) in [5.41, 5.74) is 0.375. The maximum absolute atomic E-state index is 11.6. The quantitative estimate of drug-likeness (QED) is 0.672. The molecule has 2 rings (SSSR count). The molecule has 2 heteroatoms. The number of carbonyl (C=O) groups is 1. The first-order valence-electron chi connectivity index (χ1n) is 6.68. The van der Waals surface area contributed by atoms with E-state index in [1.165, 1.54) is 19.3 Å². The van der Waals surface area contributed by atoms with Gasteiger partial charge in [0.1, 0.15) is 6.10 Å². The lowest BCUT2D eigenvalue weighted by atomic mass is 9.62. The van der Waals surface area contributed by atoms with Gasteiger partial charge in [0, 0.05) is 5.92 Å². The van der Waals surface area contributed by atoms with Crippen molar-refractivity contribution >= 4 is 5.97 Å². The van der Waals surface area contributed by atoms with Crippen LogP contribution in [0.1, 0.15) is 53.4 Å². The molecule has 5 unspecified atom stereocenters. The summed E-state index contributed by atoms with van der Waals surface area (Å²) in [6.07, 6.45) is 4.91. The summed E-state index contributed by atoms with van der Waals surface area (Å²) in [5.74, 6) is 1.38. The zero-order valence-electron chi connectivity index (χ0n) is 11.0. The van der Waals surface area contributed by atoms with Gasteiger partial charge in [0.15, 0.2) is 0 Å². The maximum Gasteiger partial charge on any atom is 0.309 e. The normalized spacial score (nSPS) is 45.0. The first-order chi connectivity index (χ1) is 7.48. The van der Waals surface area contributed by atoms with Gasteiger partial charge in [-0.1, -0.05) is 34.1 Å². The fourth-order valence-corrected chi connectivity index (χ4v) is 3.47. The van der Waals surface area contributed by atoms with E-state index < -0.39 is 0 Å². The molecule has 0 radical (unpaired) electrons. The number of hydrogen-bond donors (Lipinski definition) is 0. The summed E-state index contributed by atoms with van der Waals surface area (Å²) in [5, 5.41) is 0. The average molecular weight is 224 g/mol. The summed E-state index contributed by atoms with van der Waals surface area (Å²) >= 11 is 0. The van der Waals surface area contributed by atoms with Gasteiger partial charge in [0.25, 0.3) is 0 Å². The van der Waals surface area contributed by atoms with Crippen molar-refractivity contribution in [3.63, 3.8) is 0 Å². The summed E-state index contributed by atoms with van der Waals surface area (Å²) in [7, 11) is 0. The lowest BCUT2D eigenvalue weighted by molar-refractivity contribution is -0.145. The Morgan fingerprint density at radius 3 is 2.88 bits per heavy atom. The monoisotopic (exact) mass is 224 g/mol. The molecule has 1 heterocycles. The molecular weight excluding hydrogens is 200 g/mol. The molecule has 0 amide bonds. The van der Waals surface area contributed by atoms with Crippen LogP contribution in [-0.4, -0.2) is 12.1 Å². The molecule has 16 heavy (non-hydrogen) atoms. The standard InChI is InChI=1S/C14H24O2/c1-5-9(2)14(4)7-6-11-10(3)13(15)16-12(11)8-14/h9-12H,5-8H2,1-4H3. The number of esters is 1. The van der Waals surface area contributed by atoms with Gasteiger partial charge in [0.05, 0.1) is 5.92 Å². The van der Waals surface area contributed by atoms with Crippen LogP contribution in [0.3, 0.4) is 0 Å². The minimum atomic E-state index is 0.0309. The van der Waals surface area contributed by atoms with Crippen LogP contribution in [0.25, 0.3) is 0 Å². The van der Waals surface area contributed by atoms with Crippen molar-refractivity contribution in [3.05, 3.63) is 0 Å². The summed E-state index contributed by atoms with van der Waals surface area (Å²) in [6.45, 7) is 8.99. The molecule has 2 fully saturated rings. The van der Waals surface area contributed by atoms with Crippen LogP contribution in [-0.2, 0) is 9.53 Å². The minimum Gasteiger partial charge on any atom is -0.462 e. The van der Waals surface area contributed by atoms with E-state index in [1.807, 2.05) is 6.92 Å². The van der Waals surface area contributed by atoms with Gasteiger partial charge in [-0.2, -0.15) is 0 Å². The largest absolute Gasteiger partial charge is 0.462 e. The van der Waals surface area contributed by atoms with Crippen LogP contribution >= 0.6 is 0 Å². The molecule has 2 aliphatic rings. The summed E-state index contributed by atoms with van der Waals surface area (Å²) < 4.78 is 5.53. The number of hydrogen-bond acceptors (Lipinski definition) is 2. The topological polar surface area (TPSA) is 26.3 Å². The predicted molar refractivity (Wildman–Crippen MR) is 63.9 cm³/mol. The molecule has 0 aromatic carbocycles. The predicted octanol–water partition coefficient (Wildman–Crippen LogP) is 3.40. The summed E-state index contributed by atoms with van der Waals surface area (Å²) in [6, 6.07) is 0. The molecule has 92 valence electrons. The Hall–Kier alpha value is -0.530.